The Hall–Kier alpha value is -2.73. The summed E-state index contributed by atoms with van der Waals surface area (Å²) in [6.45, 7) is 1.58. The smallest absolute Gasteiger partial charge is 0.248 e. The molecule has 6 heteroatoms. The van der Waals surface area contributed by atoms with Crippen LogP contribution in [0.3, 0.4) is 0 Å². The number of benzene rings is 2. The molecule has 1 heterocycles. The van der Waals surface area contributed by atoms with E-state index in [1.54, 1.807) is 4.68 Å². The molecule has 0 amide bonds. The summed E-state index contributed by atoms with van der Waals surface area (Å²) in [5.41, 5.74) is 3.47. The molecule has 0 bridgehead atoms. The van der Waals surface area contributed by atoms with Crippen molar-refractivity contribution in [1.82, 2.24) is 25.1 Å². The van der Waals surface area contributed by atoms with Gasteiger partial charge in [-0.3, -0.25) is 0 Å². The lowest BCUT2D eigenvalue weighted by molar-refractivity contribution is 0.401. The highest BCUT2D eigenvalue weighted by Gasteiger charge is 2.09. The van der Waals surface area contributed by atoms with E-state index in [-0.39, 0.29) is 0 Å². The van der Waals surface area contributed by atoms with Crippen LogP contribution in [-0.4, -0.2) is 39.2 Å². The number of anilines is 1. The zero-order chi connectivity index (χ0) is 16.1. The minimum Gasteiger partial charge on any atom is -0.349 e. The molecule has 2 aromatic carbocycles. The molecule has 0 atom stereocenters. The van der Waals surface area contributed by atoms with E-state index in [4.69, 9.17) is 0 Å². The average Bonchev–Trinajstić information content (AvgIpc) is 3.03. The Morgan fingerprint density at radius 1 is 0.957 bits per heavy atom. The number of para-hydroxylation sites is 1. The van der Waals surface area contributed by atoms with E-state index < -0.39 is 0 Å². The minimum atomic E-state index is 0.635. The lowest BCUT2D eigenvalue weighted by Crippen LogP contribution is -2.14. The highest BCUT2D eigenvalue weighted by Crippen LogP contribution is 2.14. The molecule has 23 heavy (non-hydrogen) atoms. The second kappa shape index (κ2) is 7.02. The first kappa shape index (κ1) is 15.2. The van der Waals surface area contributed by atoms with Gasteiger partial charge in [0, 0.05) is 13.1 Å². The summed E-state index contributed by atoms with van der Waals surface area (Å²) < 4.78 is 1.70. The maximum Gasteiger partial charge on any atom is 0.248 e. The van der Waals surface area contributed by atoms with Crippen molar-refractivity contribution < 1.29 is 0 Å². The zero-order valence-electron chi connectivity index (χ0n) is 13.3. The molecule has 6 nitrogen and oxygen atoms in total. The van der Waals surface area contributed by atoms with Crippen LogP contribution in [0.1, 0.15) is 11.1 Å². The molecular formula is C17H20N6. The number of hydrogen-bond donors (Lipinski definition) is 1. The third-order valence-electron chi connectivity index (χ3n) is 3.51. The van der Waals surface area contributed by atoms with Crippen LogP contribution >= 0.6 is 0 Å². The van der Waals surface area contributed by atoms with E-state index >= 15 is 0 Å². The Kier molecular flexibility index (Phi) is 4.63. The van der Waals surface area contributed by atoms with Crippen molar-refractivity contribution in [2.24, 2.45) is 0 Å². The number of hydrogen-bond acceptors (Lipinski definition) is 5. The van der Waals surface area contributed by atoms with Crippen LogP contribution in [0.2, 0.25) is 0 Å². The van der Waals surface area contributed by atoms with Gasteiger partial charge in [-0.15, -0.1) is 0 Å². The van der Waals surface area contributed by atoms with Crippen molar-refractivity contribution in [2.75, 3.05) is 19.4 Å². The number of aromatic nitrogens is 4. The fourth-order valence-corrected chi connectivity index (χ4v) is 2.44. The average molecular weight is 308 g/mol. The third kappa shape index (κ3) is 3.73. The third-order valence-corrected chi connectivity index (χ3v) is 3.51. The van der Waals surface area contributed by atoms with Crippen molar-refractivity contribution in [3.05, 3.63) is 65.7 Å². The first-order valence-electron chi connectivity index (χ1n) is 7.53. The van der Waals surface area contributed by atoms with Crippen LogP contribution in [0.15, 0.2) is 54.6 Å². The van der Waals surface area contributed by atoms with E-state index in [0.717, 1.165) is 12.2 Å². The van der Waals surface area contributed by atoms with Crippen LogP contribution in [0.25, 0.3) is 5.69 Å². The zero-order valence-corrected chi connectivity index (χ0v) is 13.3. The molecule has 0 aliphatic rings. The van der Waals surface area contributed by atoms with Crippen LogP contribution in [-0.2, 0) is 13.1 Å². The van der Waals surface area contributed by atoms with Gasteiger partial charge in [0.1, 0.15) is 0 Å². The van der Waals surface area contributed by atoms with Crippen molar-refractivity contribution in [3.8, 4) is 5.69 Å². The lowest BCUT2D eigenvalue weighted by Gasteiger charge is -2.14. The summed E-state index contributed by atoms with van der Waals surface area (Å²) in [5.74, 6) is 0.635. The van der Waals surface area contributed by atoms with E-state index in [1.807, 2.05) is 30.3 Å². The molecule has 0 saturated heterocycles. The highest BCUT2D eigenvalue weighted by atomic mass is 15.6. The summed E-state index contributed by atoms with van der Waals surface area (Å²) in [7, 11) is 4.14. The molecule has 0 aliphatic carbocycles. The molecule has 0 radical (unpaired) electrons. The van der Waals surface area contributed by atoms with Gasteiger partial charge in [-0.25, -0.2) is 0 Å². The van der Waals surface area contributed by atoms with E-state index in [2.05, 4.69) is 64.1 Å². The van der Waals surface area contributed by atoms with Gasteiger partial charge in [0.25, 0.3) is 0 Å². The quantitative estimate of drug-likeness (QED) is 0.757. The van der Waals surface area contributed by atoms with Crippen LogP contribution < -0.4 is 5.32 Å². The molecule has 3 aromatic rings. The van der Waals surface area contributed by atoms with Crippen LogP contribution in [0.4, 0.5) is 5.95 Å². The van der Waals surface area contributed by atoms with Gasteiger partial charge in [-0.2, -0.15) is 4.68 Å². The number of nitrogens with one attached hydrogen (secondary N) is 1. The summed E-state index contributed by atoms with van der Waals surface area (Å²) in [6.07, 6.45) is 0. The second-order valence-electron chi connectivity index (χ2n) is 5.61. The summed E-state index contributed by atoms with van der Waals surface area (Å²) in [6, 6.07) is 18.2. The van der Waals surface area contributed by atoms with Crippen molar-refractivity contribution in [2.45, 2.75) is 13.1 Å². The van der Waals surface area contributed by atoms with Crippen molar-refractivity contribution in [1.29, 1.82) is 0 Å². The molecule has 0 spiro atoms. The fraction of sp³-hybridized carbons (Fsp3) is 0.235. The van der Waals surface area contributed by atoms with Gasteiger partial charge in [0.2, 0.25) is 5.95 Å². The molecule has 0 saturated carbocycles. The molecular weight excluding hydrogens is 288 g/mol. The van der Waals surface area contributed by atoms with Gasteiger partial charge < -0.3 is 10.2 Å². The van der Waals surface area contributed by atoms with Crippen molar-refractivity contribution in [3.63, 3.8) is 0 Å². The number of nitrogens with zero attached hydrogens (tertiary/aromatic N) is 5. The Labute approximate surface area is 135 Å². The molecule has 0 aliphatic heterocycles. The molecule has 1 aromatic heterocycles. The van der Waals surface area contributed by atoms with Gasteiger partial charge in [-0.05, 0) is 47.8 Å². The minimum absolute atomic E-state index is 0.635. The predicted octanol–water partition coefficient (Wildman–Crippen LogP) is 2.34. The summed E-state index contributed by atoms with van der Waals surface area (Å²) in [4.78, 5) is 2.16. The predicted molar refractivity (Wildman–Crippen MR) is 90.3 cm³/mol. The monoisotopic (exact) mass is 308 g/mol. The van der Waals surface area contributed by atoms with Gasteiger partial charge in [0.05, 0.1) is 5.69 Å². The van der Waals surface area contributed by atoms with Crippen LogP contribution in [0, 0.1) is 0 Å². The Morgan fingerprint density at radius 3 is 2.39 bits per heavy atom. The second-order valence-corrected chi connectivity index (χ2v) is 5.61. The highest BCUT2D eigenvalue weighted by molar-refractivity contribution is 5.39. The summed E-state index contributed by atoms with van der Waals surface area (Å²) in [5, 5.41) is 15.2. The van der Waals surface area contributed by atoms with Gasteiger partial charge in [-0.1, -0.05) is 47.6 Å². The normalized spacial score (nSPS) is 10.9. The van der Waals surface area contributed by atoms with E-state index in [9.17, 15) is 0 Å². The first-order valence-corrected chi connectivity index (χ1v) is 7.53. The van der Waals surface area contributed by atoms with Gasteiger partial charge >= 0.3 is 0 Å². The molecule has 1 N–H and O–H groups in total. The first-order chi connectivity index (χ1) is 11.2. The number of rotatable bonds is 6. The largest absolute Gasteiger partial charge is 0.349 e. The molecule has 3 rings (SSSR count). The Balaban J connectivity index is 1.77. The Morgan fingerprint density at radius 2 is 1.65 bits per heavy atom. The SMILES string of the molecule is CN(C)Cc1ccccc1CNc1nnnn1-c1ccccc1. The maximum atomic E-state index is 4.08. The van der Waals surface area contributed by atoms with Crippen LogP contribution in [0.5, 0.6) is 0 Å². The number of tetrazole rings is 1. The van der Waals surface area contributed by atoms with E-state index in [0.29, 0.717) is 12.5 Å². The standard InChI is InChI=1S/C17H20N6/c1-22(2)13-15-9-7-6-8-14(15)12-18-17-19-20-21-23(17)16-10-4-3-5-11-16/h3-11H,12-13H2,1-2H3,(H,18,19,21). The Bertz CT molecular complexity index is 751. The van der Waals surface area contributed by atoms with Gasteiger partial charge in [0.15, 0.2) is 0 Å². The maximum absolute atomic E-state index is 4.08. The molecule has 0 fully saturated rings. The fourth-order valence-electron chi connectivity index (χ4n) is 2.44. The lowest BCUT2D eigenvalue weighted by atomic mass is 10.1. The summed E-state index contributed by atoms with van der Waals surface area (Å²) >= 11 is 0. The van der Waals surface area contributed by atoms with Crippen molar-refractivity contribution >= 4 is 5.95 Å². The topological polar surface area (TPSA) is 58.9 Å². The molecule has 118 valence electrons. The molecule has 0 unspecified atom stereocenters. The van der Waals surface area contributed by atoms with E-state index in [1.165, 1.54) is 11.1 Å².